The number of benzene rings is 1. The molecule has 0 bridgehead atoms. The molecular formula is C15H22ClNO2. The van der Waals surface area contributed by atoms with E-state index in [0.717, 1.165) is 11.1 Å². The Kier molecular flexibility index (Phi) is 6.27. The zero-order valence-electron chi connectivity index (χ0n) is 11.9. The molecule has 0 aliphatic heterocycles. The van der Waals surface area contributed by atoms with Gasteiger partial charge in [-0.1, -0.05) is 30.8 Å². The smallest absolute Gasteiger partial charge is 0.333 e. The summed E-state index contributed by atoms with van der Waals surface area (Å²) in [5.41, 5.74) is 7.96. The summed E-state index contributed by atoms with van der Waals surface area (Å²) >= 11 is 0. The summed E-state index contributed by atoms with van der Waals surface area (Å²) in [6.07, 6.45) is -0.340. The normalized spacial score (nSPS) is 12.3. The van der Waals surface area contributed by atoms with Gasteiger partial charge in [-0.05, 0) is 38.8 Å². The lowest BCUT2D eigenvalue weighted by Crippen LogP contribution is -2.30. The fourth-order valence-corrected chi connectivity index (χ4v) is 1.76. The van der Waals surface area contributed by atoms with Crippen LogP contribution in [0.15, 0.2) is 36.4 Å². The monoisotopic (exact) mass is 283 g/mol. The van der Waals surface area contributed by atoms with E-state index >= 15 is 0 Å². The van der Waals surface area contributed by atoms with Crippen molar-refractivity contribution in [2.45, 2.75) is 39.3 Å². The van der Waals surface area contributed by atoms with Gasteiger partial charge in [0.1, 0.15) is 6.10 Å². The van der Waals surface area contributed by atoms with E-state index in [4.69, 9.17) is 10.5 Å². The lowest BCUT2D eigenvalue weighted by molar-refractivity contribution is -0.143. The van der Waals surface area contributed by atoms with E-state index in [0.29, 0.717) is 5.57 Å². The van der Waals surface area contributed by atoms with Crippen LogP contribution in [-0.2, 0) is 15.1 Å². The van der Waals surface area contributed by atoms with Crippen LogP contribution in [0.2, 0.25) is 0 Å². The van der Waals surface area contributed by atoms with Crippen LogP contribution in [0.25, 0.3) is 0 Å². The van der Waals surface area contributed by atoms with E-state index < -0.39 is 5.54 Å². The fraction of sp³-hybridized carbons (Fsp3) is 0.400. The summed E-state index contributed by atoms with van der Waals surface area (Å²) in [7, 11) is 0. The van der Waals surface area contributed by atoms with Gasteiger partial charge >= 0.3 is 5.97 Å². The number of halogens is 1. The van der Waals surface area contributed by atoms with Crippen LogP contribution in [-0.4, -0.2) is 5.97 Å². The summed E-state index contributed by atoms with van der Waals surface area (Å²) in [6.45, 7) is 10.9. The standard InChI is InChI=1S/C15H21NO2.ClH/c1-10(2)14(17)18-11(3)12-8-6-7-9-13(12)15(4,5)16;/h6-9,11H,1,16H2,2-5H3;1H. The molecule has 0 fully saturated rings. The highest BCUT2D eigenvalue weighted by molar-refractivity contribution is 5.87. The Balaban J connectivity index is 0.00000324. The van der Waals surface area contributed by atoms with Gasteiger partial charge < -0.3 is 10.5 Å². The molecule has 0 radical (unpaired) electrons. The second kappa shape index (κ2) is 6.73. The Labute approximate surface area is 121 Å². The number of ether oxygens (including phenoxy) is 1. The zero-order chi connectivity index (χ0) is 13.9. The fourth-order valence-electron chi connectivity index (χ4n) is 1.76. The number of carbonyl (C=O) groups excluding carboxylic acids is 1. The summed E-state index contributed by atoms with van der Waals surface area (Å²) in [5.74, 6) is -0.382. The van der Waals surface area contributed by atoms with Crippen molar-refractivity contribution in [3.8, 4) is 0 Å². The molecule has 3 nitrogen and oxygen atoms in total. The molecule has 1 unspecified atom stereocenters. The van der Waals surface area contributed by atoms with Crippen LogP contribution in [0.3, 0.4) is 0 Å². The third kappa shape index (κ3) is 4.69. The second-order valence-electron chi connectivity index (χ2n) is 5.14. The second-order valence-corrected chi connectivity index (χ2v) is 5.14. The third-order valence-electron chi connectivity index (χ3n) is 2.73. The molecule has 4 heteroatoms. The molecule has 0 spiro atoms. The third-order valence-corrected chi connectivity index (χ3v) is 2.73. The van der Waals surface area contributed by atoms with Crippen molar-refractivity contribution in [2.75, 3.05) is 0 Å². The Hall–Kier alpha value is -1.32. The van der Waals surface area contributed by atoms with E-state index in [1.807, 2.05) is 45.0 Å². The topological polar surface area (TPSA) is 52.3 Å². The maximum atomic E-state index is 11.5. The van der Waals surface area contributed by atoms with Crippen LogP contribution in [0, 0.1) is 0 Å². The highest BCUT2D eigenvalue weighted by Crippen LogP contribution is 2.28. The summed E-state index contributed by atoms with van der Waals surface area (Å²) in [5, 5.41) is 0. The first-order chi connectivity index (χ1) is 8.23. The molecule has 19 heavy (non-hydrogen) atoms. The van der Waals surface area contributed by atoms with E-state index in [2.05, 4.69) is 6.58 Å². The van der Waals surface area contributed by atoms with Crippen LogP contribution in [0.4, 0.5) is 0 Å². The number of rotatable bonds is 4. The summed E-state index contributed by atoms with van der Waals surface area (Å²) in [4.78, 5) is 11.5. The molecule has 0 amide bonds. The van der Waals surface area contributed by atoms with Gasteiger partial charge in [-0.15, -0.1) is 12.4 Å². The Morgan fingerprint density at radius 1 is 1.37 bits per heavy atom. The highest BCUT2D eigenvalue weighted by Gasteiger charge is 2.22. The molecule has 0 aliphatic carbocycles. The van der Waals surface area contributed by atoms with Gasteiger partial charge in [0.15, 0.2) is 0 Å². The van der Waals surface area contributed by atoms with E-state index in [-0.39, 0.29) is 24.5 Å². The van der Waals surface area contributed by atoms with Crippen molar-refractivity contribution in [3.63, 3.8) is 0 Å². The molecule has 1 rings (SSSR count). The van der Waals surface area contributed by atoms with Crippen molar-refractivity contribution >= 4 is 18.4 Å². The summed E-state index contributed by atoms with van der Waals surface area (Å²) in [6, 6.07) is 7.73. The van der Waals surface area contributed by atoms with Crippen LogP contribution < -0.4 is 5.73 Å². The zero-order valence-corrected chi connectivity index (χ0v) is 12.7. The lowest BCUT2D eigenvalue weighted by Gasteiger charge is -2.25. The average molecular weight is 284 g/mol. The van der Waals surface area contributed by atoms with E-state index in [1.165, 1.54) is 0 Å². The number of hydrogen-bond donors (Lipinski definition) is 1. The number of esters is 1. The predicted octanol–water partition coefficient (Wildman–Crippen LogP) is 3.48. The van der Waals surface area contributed by atoms with E-state index in [9.17, 15) is 4.79 Å². The predicted molar refractivity (Wildman–Crippen MR) is 80.2 cm³/mol. The summed E-state index contributed by atoms with van der Waals surface area (Å²) < 4.78 is 5.34. The molecule has 0 saturated heterocycles. The maximum absolute atomic E-state index is 11.5. The van der Waals surface area contributed by atoms with Crippen molar-refractivity contribution in [1.29, 1.82) is 0 Å². The minimum absolute atomic E-state index is 0. The molecule has 0 saturated carbocycles. The molecule has 1 aromatic carbocycles. The molecule has 0 aliphatic rings. The number of nitrogens with two attached hydrogens (primary N) is 1. The number of carbonyl (C=O) groups is 1. The minimum atomic E-state index is -0.472. The Bertz CT molecular complexity index is 463. The first-order valence-corrected chi connectivity index (χ1v) is 5.98. The molecule has 1 aromatic rings. The minimum Gasteiger partial charge on any atom is -0.454 e. The maximum Gasteiger partial charge on any atom is 0.333 e. The van der Waals surface area contributed by atoms with Gasteiger partial charge in [-0.3, -0.25) is 0 Å². The average Bonchev–Trinajstić information content (AvgIpc) is 2.27. The highest BCUT2D eigenvalue weighted by atomic mass is 35.5. The number of hydrogen-bond acceptors (Lipinski definition) is 3. The van der Waals surface area contributed by atoms with Crippen molar-refractivity contribution in [1.82, 2.24) is 0 Å². The van der Waals surface area contributed by atoms with Gasteiger partial charge in [-0.25, -0.2) is 4.79 Å². The molecule has 106 valence electrons. The van der Waals surface area contributed by atoms with Gasteiger partial charge in [0.2, 0.25) is 0 Å². The van der Waals surface area contributed by atoms with Crippen molar-refractivity contribution < 1.29 is 9.53 Å². The van der Waals surface area contributed by atoms with Crippen LogP contribution >= 0.6 is 12.4 Å². The van der Waals surface area contributed by atoms with Gasteiger partial charge in [0.05, 0.1) is 0 Å². The Morgan fingerprint density at radius 3 is 2.37 bits per heavy atom. The van der Waals surface area contributed by atoms with Gasteiger partial charge in [0, 0.05) is 11.1 Å². The molecular weight excluding hydrogens is 262 g/mol. The van der Waals surface area contributed by atoms with Gasteiger partial charge in [-0.2, -0.15) is 0 Å². The van der Waals surface area contributed by atoms with Crippen molar-refractivity contribution in [2.24, 2.45) is 5.73 Å². The SMILES string of the molecule is C=C(C)C(=O)OC(C)c1ccccc1C(C)(C)N.Cl. The first-order valence-electron chi connectivity index (χ1n) is 5.98. The van der Waals surface area contributed by atoms with Crippen LogP contribution in [0.5, 0.6) is 0 Å². The lowest BCUT2D eigenvalue weighted by atomic mass is 9.89. The quantitative estimate of drug-likeness (QED) is 0.680. The van der Waals surface area contributed by atoms with E-state index in [1.54, 1.807) is 6.92 Å². The molecule has 2 N–H and O–H groups in total. The van der Waals surface area contributed by atoms with Crippen LogP contribution in [0.1, 0.15) is 44.9 Å². The largest absolute Gasteiger partial charge is 0.454 e. The molecule has 1 atom stereocenters. The Morgan fingerprint density at radius 2 is 1.89 bits per heavy atom. The van der Waals surface area contributed by atoms with Crippen molar-refractivity contribution in [3.05, 3.63) is 47.5 Å². The molecule has 0 aromatic heterocycles. The molecule has 0 heterocycles. The first kappa shape index (κ1) is 17.7. The van der Waals surface area contributed by atoms with Gasteiger partial charge in [0.25, 0.3) is 0 Å².